The number of Topliss-reactive ketones (excluding diaryl/α,β-unsaturated/α-hetero) is 1. The van der Waals surface area contributed by atoms with Crippen molar-refractivity contribution < 1.29 is 9.53 Å². The van der Waals surface area contributed by atoms with E-state index in [9.17, 15) is 4.79 Å². The second-order valence-corrected chi connectivity index (χ2v) is 4.22. The number of rotatable bonds is 0. The van der Waals surface area contributed by atoms with E-state index in [0.717, 1.165) is 0 Å². The minimum absolute atomic E-state index is 0.101. The molecule has 0 fully saturated rings. The van der Waals surface area contributed by atoms with Gasteiger partial charge in [-0.2, -0.15) is 0 Å². The van der Waals surface area contributed by atoms with E-state index in [1.807, 2.05) is 13.8 Å². The summed E-state index contributed by atoms with van der Waals surface area (Å²) in [6.45, 7) is 3.81. The summed E-state index contributed by atoms with van der Waals surface area (Å²) in [6, 6.07) is 5.17. The summed E-state index contributed by atoms with van der Waals surface area (Å²) in [5.41, 5.74) is 0.796. The lowest BCUT2D eigenvalue weighted by Crippen LogP contribution is -2.36. The Labute approximate surface area is 84.7 Å². The van der Waals surface area contributed by atoms with Gasteiger partial charge >= 0.3 is 0 Å². The van der Waals surface area contributed by atoms with E-state index >= 15 is 0 Å². The van der Waals surface area contributed by atoms with Gasteiger partial charge in [0.2, 0.25) is 0 Å². The molecule has 70 valence electrons. The second kappa shape index (κ2) is 2.87. The van der Waals surface area contributed by atoms with E-state index in [1.165, 1.54) is 0 Å². The van der Waals surface area contributed by atoms with Gasteiger partial charge in [-0.25, -0.2) is 0 Å². The van der Waals surface area contributed by atoms with Crippen LogP contribution in [-0.2, 0) is 0 Å². The van der Waals surface area contributed by atoms with Crippen molar-refractivity contribution in [1.82, 2.24) is 0 Å². The average Bonchev–Trinajstić information content (AvgIpc) is 2.05. The molecule has 2 rings (SSSR count). The Morgan fingerprint density at radius 1 is 1.43 bits per heavy atom. The molecule has 1 aromatic rings. The molecule has 3 heteroatoms. The first-order chi connectivity index (χ1) is 6.48. The zero-order valence-corrected chi connectivity index (χ0v) is 8.33. The van der Waals surface area contributed by atoms with Gasteiger partial charge in [-0.05, 0) is 19.9 Å². The molecule has 1 aromatic carbocycles. The van der Waals surface area contributed by atoms with Gasteiger partial charge in [0.15, 0.2) is 5.78 Å². The number of hydrogen-bond donors (Lipinski definition) is 0. The zero-order chi connectivity index (χ0) is 10.3. The van der Waals surface area contributed by atoms with Gasteiger partial charge < -0.3 is 4.74 Å². The first-order valence-electron chi connectivity index (χ1n) is 4.60. The summed E-state index contributed by atoms with van der Waals surface area (Å²) >= 11 is 0. The van der Waals surface area contributed by atoms with Crippen LogP contribution in [0, 0.1) is 0 Å². The predicted molar refractivity (Wildman–Crippen MR) is 55.5 cm³/mol. The van der Waals surface area contributed by atoms with E-state index in [2.05, 4.69) is 0 Å². The van der Waals surface area contributed by atoms with E-state index < -0.39 is 5.60 Å². The summed E-state index contributed by atoms with van der Waals surface area (Å²) in [4.78, 5) is 11.7. The third kappa shape index (κ3) is 1.54. The Bertz CT molecular complexity index is 396. The highest BCUT2D eigenvalue weighted by Crippen LogP contribution is 2.31. The van der Waals surface area contributed by atoms with Gasteiger partial charge in [-0.15, -0.1) is 0 Å². The van der Waals surface area contributed by atoms with Crippen LogP contribution in [-0.4, -0.2) is 19.2 Å². The summed E-state index contributed by atoms with van der Waals surface area (Å²) in [7, 11) is 5.60. The number of hydrogen-bond acceptors (Lipinski definition) is 2. The van der Waals surface area contributed by atoms with Crippen LogP contribution in [0.4, 0.5) is 0 Å². The maximum absolute atomic E-state index is 11.7. The van der Waals surface area contributed by atoms with E-state index in [0.29, 0.717) is 23.2 Å². The topological polar surface area (TPSA) is 26.3 Å². The minimum atomic E-state index is -0.403. The molecule has 0 saturated carbocycles. The van der Waals surface area contributed by atoms with Crippen molar-refractivity contribution in [1.29, 1.82) is 0 Å². The van der Waals surface area contributed by atoms with Gasteiger partial charge in [0.25, 0.3) is 0 Å². The van der Waals surface area contributed by atoms with Gasteiger partial charge in [0, 0.05) is 0 Å². The minimum Gasteiger partial charge on any atom is -0.487 e. The van der Waals surface area contributed by atoms with Crippen molar-refractivity contribution in [2.45, 2.75) is 25.9 Å². The lowest BCUT2D eigenvalue weighted by molar-refractivity contribution is 0.0620. The molecule has 0 aliphatic carbocycles. The van der Waals surface area contributed by atoms with Gasteiger partial charge in [-0.3, -0.25) is 4.79 Å². The highest BCUT2D eigenvalue weighted by Gasteiger charge is 2.32. The first kappa shape index (κ1) is 9.32. The molecule has 1 aliphatic heterocycles. The van der Waals surface area contributed by atoms with E-state index in [1.54, 1.807) is 18.2 Å². The summed E-state index contributed by atoms with van der Waals surface area (Å²) in [5.74, 6) is 0.740. The van der Waals surface area contributed by atoms with E-state index in [4.69, 9.17) is 12.6 Å². The lowest BCUT2D eigenvalue weighted by Gasteiger charge is -2.31. The van der Waals surface area contributed by atoms with Crippen molar-refractivity contribution in [2.75, 3.05) is 0 Å². The largest absolute Gasteiger partial charge is 0.487 e. The highest BCUT2D eigenvalue weighted by molar-refractivity contribution is 6.32. The van der Waals surface area contributed by atoms with Crippen LogP contribution in [0.15, 0.2) is 18.2 Å². The molecular weight excluding hydrogens is 175 g/mol. The van der Waals surface area contributed by atoms with Crippen molar-refractivity contribution in [2.24, 2.45) is 0 Å². The molecule has 2 radical (unpaired) electrons. The van der Waals surface area contributed by atoms with Crippen LogP contribution in [0.5, 0.6) is 5.75 Å². The monoisotopic (exact) mass is 186 g/mol. The van der Waals surface area contributed by atoms with Crippen LogP contribution in [0.2, 0.25) is 0 Å². The Morgan fingerprint density at radius 3 is 2.86 bits per heavy atom. The smallest absolute Gasteiger partial charge is 0.170 e. The number of ketones is 1. The molecule has 0 aromatic heterocycles. The number of fused-ring (bicyclic) bond motifs is 1. The molecular formula is C11H11BO2. The van der Waals surface area contributed by atoms with Crippen LogP contribution in [0.3, 0.4) is 0 Å². The molecule has 1 heterocycles. The maximum Gasteiger partial charge on any atom is 0.170 e. The van der Waals surface area contributed by atoms with Crippen LogP contribution < -0.4 is 10.2 Å². The van der Waals surface area contributed by atoms with Crippen molar-refractivity contribution in [3.63, 3.8) is 0 Å². The summed E-state index contributed by atoms with van der Waals surface area (Å²) < 4.78 is 5.67. The fraction of sp³-hybridized carbons (Fsp3) is 0.364. The molecule has 1 aliphatic rings. The lowest BCUT2D eigenvalue weighted by atomic mass is 9.88. The second-order valence-electron chi connectivity index (χ2n) is 4.22. The molecule has 0 unspecified atom stereocenters. The van der Waals surface area contributed by atoms with Gasteiger partial charge in [-0.1, -0.05) is 17.6 Å². The normalized spacial score (nSPS) is 18.6. The molecule has 0 amide bonds. The molecule has 14 heavy (non-hydrogen) atoms. The number of carbonyl (C=O) groups excluding carboxylic acids is 1. The van der Waals surface area contributed by atoms with E-state index in [-0.39, 0.29) is 5.78 Å². The molecule has 0 atom stereocenters. The Morgan fingerprint density at radius 2 is 2.14 bits per heavy atom. The number of carbonyl (C=O) groups is 1. The predicted octanol–water partition coefficient (Wildman–Crippen LogP) is 1.22. The van der Waals surface area contributed by atoms with Gasteiger partial charge in [0.05, 0.1) is 12.0 Å². The SMILES string of the molecule is [B]c1ccc2c(c1)C(=O)CC(C)(C)O2. The van der Waals surface area contributed by atoms with Crippen molar-refractivity contribution in [3.05, 3.63) is 23.8 Å². The third-order valence-electron chi connectivity index (χ3n) is 2.28. The highest BCUT2D eigenvalue weighted by atomic mass is 16.5. The first-order valence-corrected chi connectivity index (χ1v) is 4.60. The van der Waals surface area contributed by atoms with Gasteiger partial charge in [0.1, 0.15) is 19.2 Å². The molecule has 0 N–H and O–H groups in total. The standard InChI is InChI=1S/C11H11BO2/c1-11(2)6-9(13)8-5-7(12)3-4-10(8)14-11/h3-5H,6H2,1-2H3. The van der Waals surface area contributed by atoms with Crippen LogP contribution in [0.25, 0.3) is 0 Å². The zero-order valence-electron chi connectivity index (χ0n) is 8.33. The Balaban J connectivity index is 2.50. The van der Waals surface area contributed by atoms with Crippen LogP contribution in [0.1, 0.15) is 30.6 Å². The average molecular weight is 186 g/mol. The third-order valence-corrected chi connectivity index (χ3v) is 2.28. The summed E-state index contributed by atoms with van der Waals surface area (Å²) in [6.07, 6.45) is 0.406. The molecule has 0 bridgehead atoms. The quantitative estimate of drug-likeness (QED) is 0.569. The van der Waals surface area contributed by atoms with Crippen molar-refractivity contribution >= 4 is 19.1 Å². The summed E-state index contributed by atoms with van der Waals surface area (Å²) in [5, 5.41) is 0. The number of benzene rings is 1. The number of ether oxygens (including phenoxy) is 1. The molecule has 2 nitrogen and oxygen atoms in total. The Hall–Kier alpha value is -1.25. The van der Waals surface area contributed by atoms with Crippen LogP contribution >= 0.6 is 0 Å². The fourth-order valence-electron chi connectivity index (χ4n) is 1.67. The molecule has 0 saturated heterocycles. The molecule has 0 spiro atoms. The fourth-order valence-corrected chi connectivity index (χ4v) is 1.67. The van der Waals surface area contributed by atoms with Crippen molar-refractivity contribution in [3.8, 4) is 5.75 Å². The Kier molecular flexibility index (Phi) is 1.91. The maximum atomic E-state index is 11.7.